The van der Waals surface area contributed by atoms with Crippen molar-refractivity contribution < 1.29 is 4.79 Å². The van der Waals surface area contributed by atoms with Crippen LogP contribution in [0.4, 0.5) is 0 Å². The fraction of sp³-hybridized carbons (Fsp3) is 0.933. The van der Waals surface area contributed by atoms with E-state index in [1.807, 2.05) is 4.90 Å². The number of likely N-dealkylation sites (tertiary alicyclic amines) is 1. The molecule has 1 aliphatic heterocycles. The summed E-state index contributed by atoms with van der Waals surface area (Å²) in [7, 11) is 0. The molecule has 1 saturated heterocycles. The lowest BCUT2D eigenvalue weighted by Gasteiger charge is -2.24. The second kappa shape index (κ2) is 7.78. The van der Waals surface area contributed by atoms with E-state index in [9.17, 15) is 4.79 Å². The number of hydrogen-bond donors (Lipinski definition) is 1. The number of amides is 1. The van der Waals surface area contributed by atoms with Crippen molar-refractivity contribution in [2.45, 2.75) is 65.3 Å². The molecule has 3 heteroatoms. The van der Waals surface area contributed by atoms with E-state index >= 15 is 0 Å². The van der Waals surface area contributed by atoms with Crippen LogP contribution in [0.15, 0.2) is 0 Å². The van der Waals surface area contributed by atoms with Crippen molar-refractivity contribution in [1.29, 1.82) is 0 Å². The predicted octanol–water partition coefficient (Wildman–Crippen LogP) is 2.79. The molecular formula is C15H30N2O. The van der Waals surface area contributed by atoms with Gasteiger partial charge in [-0.2, -0.15) is 0 Å². The average molecular weight is 254 g/mol. The van der Waals surface area contributed by atoms with Crippen LogP contribution in [-0.4, -0.2) is 29.9 Å². The van der Waals surface area contributed by atoms with Gasteiger partial charge in [0.25, 0.3) is 0 Å². The van der Waals surface area contributed by atoms with Crippen molar-refractivity contribution in [1.82, 2.24) is 4.90 Å². The summed E-state index contributed by atoms with van der Waals surface area (Å²) in [6, 6.07) is -0.277. The van der Waals surface area contributed by atoms with E-state index in [0.717, 1.165) is 57.0 Å². The Bertz CT molecular complexity index is 253. The van der Waals surface area contributed by atoms with Gasteiger partial charge >= 0.3 is 0 Å². The Hall–Kier alpha value is -0.570. The maximum Gasteiger partial charge on any atom is 0.239 e. The van der Waals surface area contributed by atoms with Crippen molar-refractivity contribution in [2.24, 2.45) is 17.6 Å². The van der Waals surface area contributed by atoms with Crippen LogP contribution in [0.1, 0.15) is 59.3 Å². The molecule has 1 fully saturated rings. The van der Waals surface area contributed by atoms with Crippen LogP contribution in [0.2, 0.25) is 0 Å². The molecule has 1 unspecified atom stereocenters. The fourth-order valence-electron chi connectivity index (χ4n) is 2.79. The third kappa shape index (κ3) is 4.60. The molecule has 0 saturated carbocycles. The highest BCUT2D eigenvalue weighted by Gasteiger charge is 2.25. The van der Waals surface area contributed by atoms with Gasteiger partial charge in [-0.1, -0.05) is 33.6 Å². The largest absolute Gasteiger partial charge is 0.341 e. The molecule has 0 bridgehead atoms. The van der Waals surface area contributed by atoms with Crippen molar-refractivity contribution in [3.8, 4) is 0 Å². The Morgan fingerprint density at radius 1 is 1.33 bits per heavy atom. The van der Waals surface area contributed by atoms with Gasteiger partial charge in [0, 0.05) is 13.1 Å². The summed E-state index contributed by atoms with van der Waals surface area (Å²) in [5.74, 6) is 1.68. The van der Waals surface area contributed by atoms with Crippen molar-refractivity contribution in [3.63, 3.8) is 0 Å². The molecule has 2 N–H and O–H groups in total. The second-order valence-electron chi connectivity index (χ2n) is 6.01. The first-order valence-electron chi connectivity index (χ1n) is 7.60. The lowest BCUT2D eigenvalue weighted by molar-refractivity contribution is -0.132. The quantitative estimate of drug-likeness (QED) is 0.820. The van der Waals surface area contributed by atoms with Crippen LogP contribution in [-0.2, 0) is 4.79 Å². The van der Waals surface area contributed by atoms with E-state index in [1.165, 1.54) is 6.42 Å². The Morgan fingerprint density at radius 3 is 2.67 bits per heavy atom. The monoisotopic (exact) mass is 254 g/mol. The van der Waals surface area contributed by atoms with E-state index in [2.05, 4.69) is 20.8 Å². The summed E-state index contributed by atoms with van der Waals surface area (Å²) in [6.45, 7) is 8.52. The smallest absolute Gasteiger partial charge is 0.239 e. The Kier molecular flexibility index (Phi) is 6.69. The van der Waals surface area contributed by atoms with E-state index < -0.39 is 0 Å². The molecule has 106 valence electrons. The summed E-state index contributed by atoms with van der Waals surface area (Å²) in [5, 5.41) is 0. The van der Waals surface area contributed by atoms with Gasteiger partial charge in [-0.25, -0.2) is 0 Å². The molecule has 1 aliphatic rings. The summed E-state index contributed by atoms with van der Waals surface area (Å²) in [6.07, 6.45) is 6.52. The van der Waals surface area contributed by atoms with Crippen LogP contribution >= 0.6 is 0 Å². The molecule has 18 heavy (non-hydrogen) atoms. The summed E-state index contributed by atoms with van der Waals surface area (Å²) < 4.78 is 0. The number of unbranched alkanes of at least 4 members (excludes halogenated alkanes) is 1. The first kappa shape index (κ1) is 15.5. The maximum absolute atomic E-state index is 12.2. The van der Waals surface area contributed by atoms with E-state index in [1.54, 1.807) is 0 Å². The van der Waals surface area contributed by atoms with Crippen LogP contribution in [0, 0.1) is 11.8 Å². The summed E-state index contributed by atoms with van der Waals surface area (Å²) >= 11 is 0. The van der Waals surface area contributed by atoms with Gasteiger partial charge in [-0.15, -0.1) is 0 Å². The number of nitrogens with zero attached hydrogens (tertiary/aromatic N) is 1. The molecule has 1 rings (SSSR count). The van der Waals surface area contributed by atoms with Crippen LogP contribution < -0.4 is 5.73 Å². The van der Waals surface area contributed by atoms with Crippen molar-refractivity contribution >= 4 is 5.91 Å². The van der Waals surface area contributed by atoms with E-state index in [4.69, 9.17) is 5.73 Å². The molecular weight excluding hydrogens is 224 g/mol. The third-order valence-electron chi connectivity index (χ3n) is 4.21. The molecule has 0 aliphatic carbocycles. The van der Waals surface area contributed by atoms with Crippen LogP contribution in [0.5, 0.6) is 0 Å². The molecule has 2 atom stereocenters. The molecule has 0 radical (unpaired) electrons. The number of rotatable bonds is 5. The van der Waals surface area contributed by atoms with Gasteiger partial charge in [0.2, 0.25) is 5.91 Å². The number of carbonyl (C=O) groups is 1. The van der Waals surface area contributed by atoms with Gasteiger partial charge in [0.1, 0.15) is 0 Å². The highest BCUT2D eigenvalue weighted by molar-refractivity contribution is 5.81. The Balaban J connectivity index is 2.44. The van der Waals surface area contributed by atoms with E-state index in [0.29, 0.717) is 0 Å². The minimum Gasteiger partial charge on any atom is -0.341 e. The lowest BCUT2D eigenvalue weighted by atomic mass is 9.89. The first-order valence-corrected chi connectivity index (χ1v) is 7.60. The van der Waals surface area contributed by atoms with Gasteiger partial charge in [-0.05, 0) is 37.5 Å². The zero-order valence-corrected chi connectivity index (χ0v) is 12.3. The minimum atomic E-state index is -0.277. The zero-order valence-electron chi connectivity index (χ0n) is 12.3. The molecule has 0 spiro atoms. The molecule has 0 aromatic carbocycles. The SMILES string of the molecule is CCCC[C@H](N)C(=O)N1CCCC(C(C)C)CC1. The van der Waals surface area contributed by atoms with Crippen LogP contribution in [0.25, 0.3) is 0 Å². The maximum atomic E-state index is 12.2. The second-order valence-corrected chi connectivity index (χ2v) is 6.01. The zero-order chi connectivity index (χ0) is 13.5. The molecule has 1 heterocycles. The molecule has 3 nitrogen and oxygen atoms in total. The number of nitrogens with two attached hydrogens (primary N) is 1. The molecule has 0 aromatic heterocycles. The average Bonchev–Trinajstić information content (AvgIpc) is 2.60. The van der Waals surface area contributed by atoms with Gasteiger partial charge in [0.05, 0.1) is 6.04 Å². The third-order valence-corrected chi connectivity index (χ3v) is 4.21. The lowest BCUT2D eigenvalue weighted by Crippen LogP contribution is -2.44. The number of hydrogen-bond acceptors (Lipinski definition) is 2. The van der Waals surface area contributed by atoms with Crippen molar-refractivity contribution in [2.75, 3.05) is 13.1 Å². The highest BCUT2D eigenvalue weighted by Crippen LogP contribution is 2.24. The number of carbonyl (C=O) groups excluding carboxylic acids is 1. The molecule has 1 amide bonds. The highest BCUT2D eigenvalue weighted by atomic mass is 16.2. The summed E-state index contributed by atoms with van der Waals surface area (Å²) in [5.41, 5.74) is 5.99. The summed E-state index contributed by atoms with van der Waals surface area (Å²) in [4.78, 5) is 14.2. The Labute approximate surface area is 112 Å². The van der Waals surface area contributed by atoms with E-state index in [-0.39, 0.29) is 11.9 Å². The standard InChI is InChI=1S/C15H30N2O/c1-4-5-8-14(16)15(18)17-10-6-7-13(9-11-17)12(2)3/h12-14H,4-11,16H2,1-3H3/t13?,14-/m0/s1. The normalized spacial score (nSPS) is 22.9. The Morgan fingerprint density at radius 2 is 2.06 bits per heavy atom. The fourth-order valence-corrected chi connectivity index (χ4v) is 2.79. The van der Waals surface area contributed by atoms with Gasteiger partial charge in [0.15, 0.2) is 0 Å². The van der Waals surface area contributed by atoms with Gasteiger partial charge < -0.3 is 10.6 Å². The first-order chi connectivity index (χ1) is 8.56. The van der Waals surface area contributed by atoms with Crippen LogP contribution in [0.3, 0.4) is 0 Å². The topological polar surface area (TPSA) is 46.3 Å². The predicted molar refractivity (Wildman–Crippen MR) is 76.3 cm³/mol. The molecule has 0 aromatic rings. The minimum absolute atomic E-state index is 0.174. The van der Waals surface area contributed by atoms with Crippen molar-refractivity contribution in [3.05, 3.63) is 0 Å². The van der Waals surface area contributed by atoms with Gasteiger partial charge in [-0.3, -0.25) is 4.79 Å².